The van der Waals surface area contributed by atoms with Crippen LogP contribution in [0.15, 0.2) is 15.8 Å². The standard InChI is InChI=1S/C17H25N2O6P/c1-4-6-7-12(5-2)26-25-23-10-14-13(20)8-15(24-14)19-9-11(3)16(21)18-17(19)22/h9,12-15,20,26H,4-5,8,10H2,1-3H3,(H,18,21,22)/t12?,13-,14?,15?/m0/s1. The lowest BCUT2D eigenvalue weighted by atomic mass is 10.2. The summed E-state index contributed by atoms with van der Waals surface area (Å²) in [7, 11) is 0.0817. The summed E-state index contributed by atoms with van der Waals surface area (Å²) < 4.78 is 12.2. The van der Waals surface area contributed by atoms with Gasteiger partial charge in [0.25, 0.3) is 5.56 Å². The van der Waals surface area contributed by atoms with E-state index < -0.39 is 29.7 Å². The molecule has 1 saturated heterocycles. The first-order valence-electron chi connectivity index (χ1n) is 8.64. The number of aryl methyl sites for hydroxylation is 1. The Morgan fingerprint density at radius 1 is 1.50 bits per heavy atom. The molecular formula is C17H25N2O6P. The van der Waals surface area contributed by atoms with Crippen LogP contribution in [0.25, 0.3) is 0 Å². The Kier molecular flexibility index (Phi) is 8.01. The van der Waals surface area contributed by atoms with E-state index in [9.17, 15) is 14.7 Å². The highest BCUT2D eigenvalue weighted by Gasteiger charge is 2.36. The Bertz CT molecular complexity index is 765. The van der Waals surface area contributed by atoms with Gasteiger partial charge in [0.15, 0.2) is 0 Å². The fourth-order valence-electron chi connectivity index (χ4n) is 2.47. The Hall–Kier alpha value is -1.49. The van der Waals surface area contributed by atoms with Gasteiger partial charge in [0.1, 0.15) is 18.9 Å². The van der Waals surface area contributed by atoms with Crippen molar-refractivity contribution in [1.29, 1.82) is 0 Å². The zero-order chi connectivity index (χ0) is 19.1. The summed E-state index contributed by atoms with van der Waals surface area (Å²) in [5, 5.41) is 10.1. The molecule has 2 heterocycles. The van der Waals surface area contributed by atoms with Gasteiger partial charge in [-0.2, -0.15) is 0 Å². The van der Waals surface area contributed by atoms with Gasteiger partial charge in [0.2, 0.25) is 0 Å². The molecule has 0 aromatic carbocycles. The average molecular weight is 384 g/mol. The zero-order valence-corrected chi connectivity index (χ0v) is 16.2. The van der Waals surface area contributed by atoms with E-state index in [0.717, 1.165) is 12.8 Å². The molecule has 1 aromatic heterocycles. The van der Waals surface area contributed by atoms with Gasteiger partial charge in [0.05, 0.1) is 20.6 Å². The summed E-state index contributed by atoms with van der Waals surface area (Å²) in [5.41, 5.74) is -0.487. The molecule has 26 heavy (non-hydrogen) atoms. The van der Waals surface area contributed by atoms with E-state index in [4.69, 9.17) is 14.3 Å². The third kappa shape index (κ3) is 5.50. The van der Waals surface area contributed by atoms with Crippen LogP contribution in [0.5, 0.6) is 0 Å². The average Bonchev–Trinajstić information content (AvgIpc) is 2.98. The van der Waals surface area contributed by atoms with Gasteiger partial charge in [0, 0.05) is 24.6 Å². The predicted octanol–water partition coefficient (Wildman–Crippen LogP) is 1.23. The van der Waals surface area contributed by atoms with Crippen LogP contribution >= 0.6 is 8.81 Å². The van der Waals surface area contributed by atoms with Crippen molar-refractivity contribution in [3.63, 3.8) is 0 Å². The number of hydrogen-bond acceptors (Lipinski definition) is 6. The molecule has 1 aliphatic rings. The molecule has 0 bridgehead atoms. The first-order valence-corrected chi connectivity index (χ1v) is 9.62. The van der Waals surface area contributed by atoms with Gasteiger partial charge >= 0.3 is 5.69 Å². The molecule has 1 aliphatic heterocycles. The number of aromatic amines is 1. The van der Waals surface area contributed by atoms with E-state index in [1.165, 1.54) is 10.8 Å². The molecule has 8 nitrogen and oxygen atoms in total. The van der Waals surface area contributed by atoms with Crippen molar-refractivity contribution in [3.8, 4) is 11.8 Å². The van der Waals surface area contributed by atoms with Crippen LogP contribution in [-0.4, -0.2) is 39.1 Å². The SMILES string of the molecule is CCC#CC(CC)POOCC1OC(n2cc(C)c(=O)[nH]c2=O)C[C@@H]1O. The van der Waals surface area contributed by atoms with Crippen molar-refractivity contribution in [2.24, 2.45) is 0 Å². The number of aliphatic hydroxyl groups excluding tert-OH is 1. The van der Waals surface area contributed by atoms with E-state index >= 15 is 0 Å². The monoisotopic (exact) mass is 384 g/mol. The van der Waals surface area contributed by atoms with Crippen molar-refractivity contribution >= 4 is 8.81 Å². The van der Waals surface area contributed by atoms with Crippen LogP contribution in [0.1, 0.15) is 44.9 Å². The van der Waals surface area contributed by atoms with Gasteiger partial charge in [-0.3, -0.25) is 14.3 Å². The summed E-state index contributed by atoms with van der Waals surface area (Å²) in [4.78, 5) is 30.8. The maximum Gasteiger partial charge on any atom is 0.330 e. The van der Waals surface area contributed by atoms with Crippen molar-refractivity contribution in [3.05, 3.63) is 32.6 Å². The summed E-state index contributed by atoms with van der Waals surface area (Å²) in [6, 6.07) is 0. The Labute approximate surface area is 153 Å². The molecule has 0 spiro atoms. The third-order valence-electron chi connectivity index (χ3n) is 4.00. The minimum Gasteiger partial charge on any atom is -0.390 e. The van der Waals surface area contributed by atoms with E-state index in [0.29, 0.717) is 5.56 Å². The van der Waals surface area contributed by atoms with Gasteiger partial charge in [-0.05, 0) is 13.3 Å². The van der Waals surface area contributed by atoms with Crippen LogP contribution in [0.3, 0.4) is 0 Å². The van der Waals surface area contributed by atoms with Gasteiger partial charge in [-0.25, -0.2) is 14.4 Å². The molecular weight excluding hydrogens is 359 g/mol. The number of ether oxygens (including phenoxy) is 1. The number of aliphatic hydroxyl groups is 1. The quantitative estimate of drug-likeness (QED) is 0.241. The van der Waals surface area contributed by atoms with Crippen LogP contribution in [0.4, 0.5) is 0 Å². The Morgan fingerprint density at radius 2 is 2.27 bits per heavy atom. The molecule has 5 atom stereocenters. The lowest BCUT2D eigenvalue weighted by Crippen LogP contribution is -2.33. The highest BCUT2D eigenvalue weighted by atomic mass is 31.1. The number of aromatic nitrogens is 2. The fourth-order valence-corrected chi connectivity index (χ4v) is 3.05. The zero-order valence-electron chi connectivity index (χ0n) is 15.2. The minimum atomic E-state index is -0.798. The lowest BCUT2D eigenvalue weighted by Gasteiger charge is -2.16. The molecule has 0 radical (unpaired) electrons. The largest absolute Gasteiger partial charge is 0.390 e. The van der Waals surface area contributed by atoms with Crippen molar-refractivity contribution in [1.82, 2.24) is 9.55 Å². The number of nitrogens with one attached hydrogen (secondary N) is 1. The molecule has 1 aromatic rings. The van der Waals surface area contributed by atoms with Crippen LogP contribution in [-0.2, 0) is 14.3 Å². The van der Waals surface area contributed by atoms with Crippen molar-refractivity contribution in [2.75, 3.05) is 6.61 Å². The van der Waals surface area contributed by atoms with Gasteiger partial charge in [-0.1, -0.05) is 19.8 Å². The van der Waals surface area contributed by atoms with Crippen molar-refractivity contribution in [2.45, 2.75) is 64.1 Å². The van der Waals surface area contributed by atoms with E-state index in [-0.39, 0.29) is 27.5 Å². The Morgan fingerprint density at radius 3 is 2.96 bits per heavy atom. The summed E-state index contributed by atoms with van der Waals surface area (Å²) >= 11 is 0. The molecule has 1 fully saturated rings. The van der Waals surface area contributed by atoms with Gasteiger partial charge < -0.3 is 9.84 Å². The second kappa shape index (κ2) is 10.0. The highest BCUT2D eigenvalue weighted by Crippen LogP contribution is 2.29. The number of nitrogens with zero attached hydrogens (tertiary/aromatic N) is 1. The topological polar surface area (TPSA) is 103 Å². The van der Waals surface area contributed by atoms with Crippen molar-refractivity contribution < 1.29 is 19.4 Å². The normalized spacial score (nSPS) is 23.9. The molecule has 0 saturated carbocycles. The van der Waals surface area contributed by atoms with Crippen LogP contribution < -0.4 is 11.2 Å². The third-order valence-corrected chi connectivity index (χ3v) is 5.05. The highest BCUT2D eigenvalue weighted by molar-refractivity contribution is 7.33. The first-order chi connectivity index (χ1) is 12.5. The first kappa shape index (κ1) is 20.8. The molecule has 9 heteroatoms. The van der Waals surface area contributed by atoms with Crippen LogP contribution in [0.2, 0.25) is 0 Å². The second-order valence-corrected chi connectivity index (χ2v) is 7.13. The molecule has 0 amide bonds. The fraction of sp³-hybridized carbons (Fsp3) is 0.647. The molecule has 0 aliphatic carbocycles. The summed E-state index contributed by atoms with van der Waals surface area (Å²) in [5.74, 6) is 6.14. The minimum absolute atomic E-state index is 0.0411. The molecule has 144 valence electrons. The number of H-pyrrole nitrogens is 1. The van der Waals surface area contributed by atoms with Crippen LogP contribution in [0, 0.1) is 18.8 Å². The predicted molar refractivity (Wildman–Crippen MR) is 98.1 cm³/mol. The lowest BCUT2D eigenvalue weighted by molar-refractivity contribution is -0.225. The smallest absolute Gasteiger partial charge is 0.330 e. The second-order valence-electron chi connectivity index (χ2n) is 6.03. The number of hydrogen-bond donors (Lipinski definition) is 2. The number of rotatable bonds is 7. The summed E-state index contributed by atoms with van der Waals surface area (Å²) in [6.45, 7) is 5.66. The maximum atomic E-state index is 11.9. The molecule has 2 rings (SSSR count). The van der Waals surface area contributed by atoms with E-state index in [1.54, 1.807) is 6.92 Å². The summed E-state index contributed by atoms with van der Waals surface area (Å²) in [6.07, 6.45) is 1.24. The molecule has 4 unspecified atom stereocenters. The maximum absolute atomic E-state index is 11.9. The van der Waals surface area contributed by atoms with E-state index in [2.05, 4.69) is 16.8 Å². The Balaban J connectivity index is 1.86. The molecule has 2 N–H and O–H groups in total. The van der Waals surface area contributed by atoms with Gasteiger partial charge in [-0.15, -0.1) is 5.92 Å². The van der Waals surface area contributed by atoms with E-state index in [1.807, 2.05) is 13.8 Å².